The Morgan fingerprint density at radius 1 is 1.86 bits per heavy atom. The van der Waals surface area contributed by atoms with E-state index in [-0.39, 0.29) is 0 Å². The Bertz CT molecular complexity index is 68.5. The van der Waals surface area contributed by atoms with Gasteiger partial charge in [0.1, 0.15) is 0 Å². The van der Waals surface area contributed by atoms with Gasteiger partial charge in [-0.05, 0) is 32.1 Å². The van der Waals surface area contributed by atoms with Crippen molar-refractivity contribution in [1.29, 1.82) is 0 Å². The van der Waals surface area contributed by atoms with Gasteiger partial charge < -0.3 is 0 Å². The molecule has 1 unspecified atom stereocenters. The predicted octanol–water partition coefficient (Wildman–Crippen LogP) is 3.01. The van der Waals surface area contributed by atoms with Crippen LogP contribution in [0.5, 0.6) is 0 Å². The lowest BCUT2D eigenvalue weighted by Gasteiger charge is -2.01. The lowest BCUT2D eigenvalue weighted by Crippen LogP contribution is -1.91. The molecule has 0 aliphatic carbocycles. The lowest BCUT2D eigenvalue weighted by atomic mass is 10.2. The van der Waals surface area contributed by atoms with Gasteiger partial charge in [0, 0.05) is 4.43 Å². The third-order valence-corrected chi connectivity index (χ3v) is 3.15. The number of hydrogen-bond donors (Lipinski definition) is 0. The molecule has 2 heteroatoms. The maximum atomic E-state index is 3.81. The standard InChI is InChI=1S/C5H8I2/c1-4(3-6)5(2)7/h4H,2-3H2,1H3. The second-order valence-electron chi connectivity index (χ2n) is 1.50. The molecule has 0 radical (unpaired) electrons. The average Bonchev–Trinajstić information content (AvgIpc) is 1.65. The summed E-state index contributed by atoms with van der Waals surface area (Å²) in [6, 6.07) is 0. The summed E-state index contributed by atoms with van der Waals surface area (Å²) in [5.41, 5.74) is 0. The van der Waals surface area contributed by atoms with Gasteiger partial charge in [-0.1, -0.05) is 36.1 Å². The van der Waals surface area contributed by atoms with Crippen molar-refractivity contribution >= 4 is 45.2 Å². The molecule has 7 heavy (non-hydrogen) atoms. The van der Waals surface area contributed by atoms with Crippen LogP contribution >= 0.6 is 45.2 Å². The number of allylic oxidation sites excluding steroid dienone is 1. The summed E-state index contributed by atoms with van der Waals surface area (Å²) in [5, 5.41) is 0. The molecule has 0 aromatic heterocycles. The van der Waals surface area contributed by atoms with Crippen molar-refractivity contribution in [2.75, 3.05) is 4.43 Å². The van der Waals surface area contributed by atoms with Crippen LogP contribution < -0.4 is 0 Å². The second-order valence-corrected chi connectivity index (χ2v) is 3.77. The summed E-state index contributed by atoms with van der Waals surface area (Å²) < 4.78 is 2.44. The van der Waals surface area contributed by atoms with E-state index in [0.29, 0.717) is 5.92 Å². The molecule has 0 aliphatic rings. The van der Waals surface area contributed by atoms with Gasteiger partial charge in [-0.2, -0.15) is 0 Å². The SMILES string of the molecule is C=C(I)C(C)CI. The maximum absolute atomic E-state index is 3.81. The van der Waals surface area contributed by atoms with Crippen LogP contribution in [0.3, 0.4) is 0 Å². The summed E-state index contributed by atoms with van der Waals surface area (Å²) in [6.45, 7) is 5.99. The Morgan fingerprint density at radius 2 is 2.29 bits per heavy atom. The summed E-state index contributed by atoms with van der Waals surface area (Å²) in [4.78, 5) is 0. The summed E-state index contributed by atoms with van der Waals surface area (Å²) in [5.74, 6) is 0.682. The van der Waals surface area contributed by atoms with Crippen molar-refractivity contribution in [2.24, 2.45) is 5.92 Å². The minimum Gasteiger partial charge on any atom is -0.0894 e. The second kappa shape index (κ2) is 4.12. The lowest BCUT2D eigenvalue weighted by molar-refractivity contribution is 0.858. The van der Waals surface area contributed by atoms with Crippen LogP contribution in [0.4, 0.5) is 0 Å². The summed E-state index contributed by atoms with van der Waals surface area (Å²) in [7, 11) is 0. The summed E-state index contributed by atoms with van der Waals surface area (Å²) in [6.07, 6.45) is 0. The van der Waals surface area contributed by atoms with Gasteiger partial charge >= 0.3 is 0 Å². The van der Waals surface area contributed by atoms with Gasteiger partial charge in [0.05, 0.1) is 0 Å². The van der Waals surface area contributed by atoms with Crippen molar-refractivity contribution < 1.29 is 0 Å². The van der Waals surface area contributed by atoms with Gasteiger partial charge in [0.2, 0.25) is 0 Å². The molecule has 0 aromatic carbocycles. The van der Waals surface area contributed by atoms with E-state index in [1.807, 2.05) is 0 Å². The molecular formula is C5H8I2. The fraction of sp³-hybridized carbons (Fsp3) is 0.600. The van der Waals surface area contributed by atoms with Gasteiger partial charge in [-0.15, -0.1) is 0 Å². The molecule has 1 atom stereocenters. The van der Waals surface area contributed by atoms with E-state index in [1.165, 1.54) is 8.01 Å². The van der Waals surface area contributed by atoms with Crippen LogP contribution in [0.15, 0.2) is 10.2 Å². The Hall–Kier alpha value is 1.20. The molecule has 0 fully saturated rings. The van der Waals surface area contributed by atoms with Gasteiger partial charge in [-0.3, -0.25) is 0 Å². The van der Waals surface area contributed by atoms with Crippen molar-refractivity contribution in [3.63, 3.8) is 0 Å². The molecule has 0 saturated heterocycles. The van der Waals surface area contributed by atoms with E-state index in [4.69, 9.17) is 0 Å². The van der Waals surface area contributed by atoms with E-state index in [0.717, 1.165) is 0 Å². The predicted molar refractivity (Wildman–Crippen MR) is 51.2 cm³/mol. The molecule has 0 heterocycles. The topological polar surface area (TPSA) is 0 Å². The summed E-state index contributed by atoms with van der Waals surface area (Å²) >= 11 is 4.63. The molecule has 0 aliphatic heterocycles. The van der Waals surface area contributed by atoms with Gasteiger partial charge in [0.15, 0.2) is 0 Å². The molecular weight excluding hydrogens is 314 g/mol. The normalized spacial score (nSPS) is 13.6. The fourth-order valence-electron chi connectivity index (χ4n) is 0.0837. The van der Waals surface area contributed by atoms with Crippen LogP contribution in [0.25, 0.3) is 0 Å². The van der Waals surface area contributed by atoms with Crippen LogP contribution in [-0.4, -0.2) is 4.43 Å². The zero-order chi connectivity index (χ0) is 5.86. The number of alkyl halides is 1. The Balaban J connectivity index is 3.34. The molecule has 0 amide bonds. The highest BCUT2D eigenvalue weighted by Gasteiger charge is 1.97. The number of halogens is 2. The fourth-order valence-corrected chi connectivity index (χ4v) is 1.68. The average molecular weight is 322 g/mol. The molecule has 0 aromatic rings. The van der Waals surface area contributed by atoms with Gasteiger partial charge in [0.25, 0.3) is 0 Å². The quantitative estimate of drug-likeness (QED) is 0.542. The molecule has 42 valence electrons. The van der Waals surface area contributed by atoms with E-state index in [9.17, 15) is 0 Å². The van der Waals surface area contributed by atoms with Crippen LogP contribution in [-0.2, 0) is 0 Å². The third-order valence-electron chi connectivity index (χ3n) is 0.766. The Kier molecular flexibility index (Phi) is 4.82. The minimum atomic E-state index is 0.682. The molecule has 0 spiro atoms. The Morgan fingerprint density at radius 3 is 2.29 bits per heavy atom. The zero-order valence-electron chi connectivity index (χ0n) is 4.25. The highest BCUT2D eigenvalue weighted by atomic mass is 127. The highest BCUT2D eigenvalue weighted by molar-refractivity contribution is 14.1. The maximum Gasteiger partial charge on any atom is 0.00658 e. The van der Waals surface area contributed by atoms with Crippen molar-refractivity contribution in [3.05, 3.63) is 10.2 Å². The molecule has 0 saturated carbocycles. The van der Waals surface area contributed by atoms with Crippen molar-refractivity contribution in [2.45, 2.75) is 6.92 Å². The first-order valence-corrected chi connectivity index (χ1v) is 4.69. The third kappa shape index (κ3) is 3.76. The Labute approximate surface area is 72.0 Å². The van der Waals surface area contributed by atoms with E-state index in [2.05, 4.69) is 58.7 Å². The van der Waals surface area contributed by atoms with Crippen LogP contribution in [0, 0.1) is 5.92 Å². The largest absolute Gasteiger partial charge is 0.0894 e. The first kappa shape index (κ1) is 8.20. The first-order valence-electron chi connectivity index (χ1n) is 2.08. The molecule has 0 bridgehead atoms. The van der Waals surface area contributed by atoms with E-state index < -0.39 is 0 Å². The monoisotopic (exact) mass is 322 g/mol. The molecule has 0 rings (SSSR count). The molecule has 0 N–H and O–H groups in total. The van der Waals surface area contributed by atoms with Gasteiger partial charge in [-0.25, -0.2) is 0 Å². The zero-order valence-corrected chi connectivity index (χ0v) is 8.56. The van der Waals surface area contributed by atoms with Crippen molar-refractivity contribution in [1.82, 2.24) is 0 Å². The first-order chi connectivity index (χ1) is 3.18. The van der Waals surface area contributed by atoms with Crippen molar-refractivity contribution in [3.8, 4) is 0 Å². The minimum absolute atomic E-state index is 0.682. The smallest absolute Gasteiger partial charge is 0.00658 e. The van der Waals surface area contributed by atoms with Crippen LogP contribution in [0.1, 0.15) is 6.92 Å². The van der Waals surface area contributed by atoms with Crippen LogP contribution in [0.2, 0.25) is 0 Å². The molecule has 0 nitrogen and oxygen atoms in total. The van der Waals surface area contributed by atoms with E-state index >= 15 is 0 Å². The highest BCUT2D eigenvalue weighted by Crippen LogP contribution is 2.16. The number of rotatable bonds is 2. The number of hydrogen-bond acceptors (Lipinski definition) is 0. The van der Waals surface area contributed by atoms with E-state index in [1.54, 1.807) is 0 Å².